The van der Waals surface area contributed by atoms with Gasteiger partial charge in [-0.3, -0.25) is 0 Å². The quantitative estimate of drug-likeness (QED) is 0.311. The van der Waals surface area contributed by atoms with Crippen molar-refractivity contribution >= 4 is 12.0 Å². The van der Waals surface area contributed by atoms with Gasteiger partial charge in [0.1, 0.15) is 0 Å². The van der Waals surface area contributed by atoms with Gasteiger partial charge < -0.3 is 18.9 Å². The lowest BCUT2D eigenvalue weighted by molar-refractivity contribution is -0.137. The number of esters is 1. The van der Waals surface area contributed by atoms with Gasteiger partial charge >= 0.3 is 5.97 Å². The van der Waals surface area contributed by atoms with Gasteiger partial charge in [0.05, 0.1) is 27.4 Å². The highest BCUT2D eigenvalue weighted by atomic mass is 16.5. The summed E-state index contributed by atoms with van der Waals surface area (Å²) in [5, 5.41) is 0. The number of methoxy groups -OCH3 is 2. The predicted octanol–water partition coefficient (Wildman–Crippen LogP) is 5.12. The molecule has 0 amide bonds. The number of benzene rings is 3. The number of hydrogen-bond donors (Lipinski definition) is 0. The number of rotatable bonds is 11. The molecule has 0 aromatic heterocycles. The monoisotopic (exact) mass is 432 g/mol. The van der Waals surface area contributed by atoms with Crippen LogP contribution in [-0.4, -0.2) is 33.4 Å². The average Bonchev–Trinajstić information content (AvgIpc) is 2.84. The van der Waals surface area contributed by atoms with Gasteiger partial charge in [-0.15, -0.1) is 0 Å². The summed E-state index contributed by atoms with van der Waals surface area (Å²) in [5.74, 6) is 1.21. The summed E-state index contributed by atoms with van der Waals surface area (Å²) in [4.78, 5) is 12.1. The summed E-state index contributed by atoms with van der Waals surface area (Å²) in [6, 6.07) is 23.6. The molecule has 0 spiro atoms. The van der Waals surface area contributed by atoms with Crippen LogP contribution in [0.15, 0.2) is 78.9 Å². The van der Waals surface area contributed by atoms with Gasteiger partial charge in [-0.2, -0.15) is 0 Å². The fourth-order valence-electron chi connectivity index (χ4n) is 3.18. The molecular formula is C27H28O5. The Hall–Kier alpha value is -3.73. The molecule has 0 saturated heterocycles. The summed E-state index contributed by atoms with van der Waals surface area (Å²) >= 11 is 0. The van der Waals surface area contributed by atoms with Gasteiger partial charge in [0.2, 0.25) is 5.75 Å². The molecule has 0 fully saturated rings. The van der Waals surface area contributed by atoms with Crippen molar-refractivity contribution in [1.82, 2.24) is 0 Å². The lowest BCUT2D eigenvalue weighted by atomic mass is 10.1. The lowest BCUT2D eigenvalue weighted by Gasteiger charge is -2.15. The highest BCUT2D eigenvalue weighted by Gasteiger charge is 2.14. The first-order valence-corrected chi connectivity index (χ1v) is 10.5. The Morgan fingerprint density at radius 2 is 1.31 bits per heavy atom. The minimum absolute atomic E-state index is 0.327. The Morgan fingerprint density at radius 3 is 1.84 bits per heavy atom. The van der Waals surface area contributed by atoms with E-state index in [-0.39, 0.29) is 0 Å². The molecule has 5 heteroatoms. The van der Waals surface area contributed by atoms with Crippen molar-refractivity contribution in [2.45, 2.75) is 12.8 Å². The van der Waals surface area contributed by atoms with E-state index in [1.54, 1.807) is 32.4 Å². The summed E-state index contributed by atoms with van der Waals surface area (Å²) in [6.45, 7) is 0.813. The second-order valence-corrected chi connectivity index (χ2v) is 7.08. The molecular weight excluding hydrogens is 404 g/mol. The van der Waals surface area contributed by atoms with Crippen LogP contribution in [0.2, 0.25) is 0 Å². The second-order valence-electron chi connectivity index (χ2n) is 7.08. The molecule has 3 aromatic carbocycles. The van der Waals surface area contributed by atoms with Crippen LogP contribution in [0.1, 0.15) is 16.7 Å². The van der Waals surface area contributed by atoms with Crippen molar-refractivity contribution in [3.8, 4) is 17.2 Å². The largest absolute Gasteiger partial charge is 0.493 e. The third kappa shape index (κ3) is 6.91. The Balaban J connectivity index is 1.59. The summed E-state index contributed by atoms with van der Waals surface area (Å²) < 4.78 is 22.2. The molecule has 5 nitrogen and oxygen atoms in total. The van der Waals surface area contributed by atoms with E-state index in [4.69, 9.17) is 18.9 Å². The van der Waals surface area contributed by atoms with Crippen molar-refractivity contribution < 1.29 is 23.7 Å². The molecule has 0 unspecified atom stereocenters. The van der Waals surface area contributed by atoms with E-state index >= 15 is 0 Å². The third-order valence-electron chi connectivity index (χ3n) is 4.85. The lowest BCUT2D eigenvalue weighted by Crippen LogP contribution is -2.05. The normalized spacial score (nSPS) is 10.7. The van der Waals surface area contributed by atoms with Gasteiger partial charge in [0.25, 0.3) is 0 Å². The number of hydrogen-bond acceptors (Lipinski definition) is 5. The molecule has 0 aliphatic carbocycles. The van der Waals surface area contributed by atoms with E-state index in [0.717, 1.165) is 17.5 Å². The molecule has 3 rings (SSSR count). The van der Waals surface area contributed by atoms with Crippen LogP contribution >= 0.6 is 0 Å². The SMILES string of the molecule is COc1cc(/C=C/C(=O)OCCc2ccccc2)cc(OC)c1OCCc1ccccc1. The number of ether oxygens (including phenoxy) is 4. The van der Waals surface area contributed by atoms with Crippen molar-refractivity contribution in [2.24, 2.45) is 0 Å². The van der Waals surface area contributed by atoms with Gasteiger partial charge in [-0.05, 0) is 34.9 Å². The van der Waals surface area contributed by atoms with Gasteiger partial charge in [-0.25, -0.2) is 4.79 Å². The molecule has 0 bridgehead atoms. The summed E-state index contributed by atoms with van der Waals surface area (Å²) in [7, 11) is 3.15. The number of carbonyl (C=O) groups is 1. The third-order valence-corrected chi connectivity index (χ3v) is 4.85. The zero-order valence-corrected chi connectivity index (χ0v) is 18.5. The van der Waals surface area contributed by atoms with Crippen LogP contribution < -0.4 is 14.2 Å². The second kappa shape index (κ2) is 12.2. The minimum Gasteiger partial charge on any atom is -0.493 e. The molecule has 0 N–H and O–H groups in total. The van der Waals surface area contributed by atoms with Crippen LogP contribution in [0, 0.1) is 0 Å². The molecule has 0 aliphatic rings. The van der Waals surface area contributed by atoms with E-state index in [1.165, 1.54) is 11.6 Å². The first-order valence-electron chi connectivity index (χ1n) is 10.5. The fraction of sp³-hybridized carbons (Fsp3) is 0.222. The molecule has 0 saturated carbocycles. The van der Waals surface area contributed by atoms with E-state index < -0.39 is 5.97 Å². The highest BCUT2D eigenvalue weighted by molar-refractivity contribution is 5.87. The van der Waals surface area contributed by atoms with E-state index in [2.05, 4.69) is 12.1 Å². The zero-order valence-electron chi connectivity index (χ0n) is 18.5. The van der Waals surface area contributed by atoms with E-state index in [0.29, 0.717) is 36.9 Å². The zero-order chi connectivity index (χ0) is 22.6. The van der Waals surface area contributed by atoms with E-state index in [9.17, 15) is 4.79 Å². The molecule has 0 heterocycles. The van der Waals surface area contributed by atoms with Crippen molar-refractivity contribution in [3.63, 3.8) is 0 Å². The highest BCUT2D eigenvalue weighted by Crippen LogP contribution is 2.39. The van der Waals surface area contributed by atoms with Crippen LogP contribution in [0.4, 0.5) is 0 Å². The molecule has 0 aliphatic heterocycles. The molecule has 0 radical (unpaired) electrons. The maximum Gasteiger partial charge on any atom is 0.330 e. The Labute approximate surface area is 189 Å². The van der Waals surface area contributed by atoms with E-state index in [1.807, 2.05) is 48.5 Å². The fourth-order valence-corrected chi connectivity index (χ4v) is 3.18. The maximum absolute atomic E-state index is 12.1. The first-order chi connectivity index (χ1) is 15.7. The molecule has 32 heavy (non-hydrogen) atoms. The van der Waals surface area contributed by atoms with Crippen LogP contribution in [0.25, 0.3) is 6.08 Å². The van der Waals surface area contributed by atoms with Crippen LogP contribution in [-0.2, 0) is 22.4 Å². The molecule has 3 aromatic rings. The van der Waals surface area contributed by atoms with Crippen molar-refractivity contribution in [1.29, 1.82) is 0 Å². The first kappa shape index (κ1) is 22.9. The Morgan fingerprint density at radius 1 is 0.781 bits per heavy atom. The van der Waals surface area contributed by atoms with Crippen LogP contribution in [0.3, 0.4) is 0 Å². The number of carbonyl (C=O) groups excluding carboxylic acids is 1. The summed E-state index contributed by atoms with van der Waals surface area (Å²) in [6.07, 6.45) is 4.51. The molecule has 0 atom stereocenters. The Bertz CT molecular complexity index is 988. The average molecular weight is 433 g/mol. The standard InChI is InChI=1S/C27H28O5/c1-29-24-19-23(13-14-26(28)31-17-15-21-9-5-3-6-10-21)20-25(30-2)27(24)32-18-16-22-11-7-4-8-12-22/h3-14,19-20H,15-18H2,1-2H3/b14-13+. The van der Waals surface area contributed by atoms with Crippen molar-refractivity contribution in [2.75, 3.05) is 27.4 Å². The minimum atomic E-state index is -0.401. The van der Waals surface area contributed by atoms with Gasteiger partial charge in [0.15, 0.2) is 11.5 Å². The molecule has 166 valence electrons. The van der Waals surface area contributed by atoms with Gasteiger partial charge in [0, 0.05) is 18.9 Å². The van der Waals surface area contributed by atoms with Crippen LogP contribution in [0.5, 0.6) is 17.2 Å². The smallest absolute Gasteiger partial charge is 0.330 e. The maximum atomic E-state index is 12.1. The summed E-state index contributed by atoms with van der Waals surface area (Å²) in [5.41, 5.74) is 3.06. The Kier molecular flexibility index (Phi) is 8.75. The van der Waals surface area contributed by atoms with Gasteiger partial charge in [-0.1, -0.05) is 60.7 Å². The predicted molar refractivity (Wildman–Crippen MR) is 125 cm³/mol. The van der Waals surface area contributed by atoms with Crippen molar-refractivity contribution in [3.05, 3.63) is 95.6 Å². The topological polar surface area (TPSA) is 54.0 Å².